The number of aryl methyl sites for hydroxylation is 1. The van der Waals surface area contributed by atoms with Crippen LogP contribution in [0.2, 0.25) is 0 Å². The third-order valence-electron chi connectivity index (χ3n) is 6.64. The molecule has 0 heterocycles. The monoisotopic (exact) mass is 705 g/mol. The van der Waals surface area contributed by atoms with Crippen LogP contribution in [-0.4, -0.2) is 29.2 Å². The Labute approximate surface area is 306 Å². The van der Waals surface area contributed by atoms with Gasteiger partial charge < -0.3 is 21.7 Å². The fourth-order valence-corrected chi connectivity index (χ4v) is 5.38. The molecule has 49 heavy (non-hydrogen) atoms. The van der Waals surface area contributed by atoms with Crippen LogP contribution in [0.5, 0.6) is 5.75 Å². The van der Waals surface area contributed by atoms with E-state index in [2.05, 4.69) is 30.7 Å². The van der Waals surface area contributed by atoms with E-state index in [4.69, 9.17) is 21.1 Å². The number of carboxylic acid groups (broad SMARTS) is 1. The van der Waals surface area contributed by atoms with E-state index in [-0.39, 0.29) is 57.1 Å². The molecule has 0 aromatic heterocycles. The molecule has 17 heteroatoms. The minimum absolute atomic E-state index is 0. The maximum absolute atomic E-state index is 11.3. The quantitative estimate of drug-likeness (QED) is 0.0479. The zero-order valence-corrected chi connectivity index (χ0v) is 29.6. The second-order valence-electron chi connectivity index (χ2n) is 10.1. The van der Waals surface area contributed by atoms with E-state index in [0.29, 0.717) is 39.7 Å². The van der Waals surface area contributed by atoms with Gasteiger partial charge in [-0.1, -0.05) is 11.8 Å². The van der Waals surface area contributed by atoms with Crippen molar-refractivity contribution in [1.82, 2.24) is 0 Å². The van der Waals surface area contributed by atoms with Crippen LogP contribution >= 0.6 is 11.8 Å². The summed E-state index contributed by atoms with van der Waals surface area (Å²) in [5.41, 5.74) is 15.6. The molecule has 0 bridgehead atoms. The van der Waals surface area contributed by atoms with Crippen molar-refractivity contribution in [2.45, 2.75) is 21.6 Å². The van der Waals surface area contributed by atoms with Gasteiger partial charge in [-0.15, -0.1) is 10.2 Å². The summed E-state index contributed by atoms with van der Waals surface area (Å²) in [6.07, 6.45) is 0. The molecule has 0 radical (unpaired) electrons. The van der Waals surface area contributed by atoms with Crippen LogP contribution in [-0.2, 0) is 10.1 Å². The zero-order valence-electron chi connectivity index (χ0n) is 26.0. The Bertz CT molecular complexity index is 2200. The van der Waals surface area contributed by atoms with Gasteiger partial charge in [0.25, 0.3) is 10.1 Å². The van der Waals surface area contributed by atoms with Crippen LogP contribution in [0, 0.1) is 6.92 Å². The Morgan fingerprint density at radius 2 is 1.14 bits per heavy atom. The van der Waals surface area contributed by atoms with Crippen molar-refractivity contribution >= 4 is 73.3 Å². The number of rotatable bonds is 10. The number of aromatic carboxylic acids is 1. The summed E-state index contributed by atoms with van der Waals surface area (Å²) < 4.78 is 31.7. The molecule has 5 rings (SSSR count). The van der Waals surface area contributed by atoms with E-state index in [9.17, 15) is 18.3 Å². The predicted molar refractivity (Wildman–Crippen MR) is 181 cm³/mol. The first kappa shape index (κ1) is 36.9. The number of aromatic hydroxyl groups is 1. The molecule has 0 amide bonds. The number of nitrogen functional groups attached to an aromatic ring is 2. The van der Waals surface area contributed by atoms with Crippen molar-refractivity contribution in [3.05, 3.63) is 108 Å². The van der Waals surface area contributed by atoms with Gasteiger partial charge in [0.15, 0.2) is 0 Å². The van der Waals surface area contributed by atoms with E-state index in [1.54, 1.807) is 37.3 Å². The minimum atomic E-state index is -4.33. The molecule has 5 aromatic rings. The third kappa shape index (κ3) is 9.56. The minimum Gasteiger partial charge on any atom is -0.507 e. The Morgan fingerprint density at radius 3 is 1.67 bits per heavy atom. The maximum Gasteiger partial charge on any atom is 1.00 e. The molecule has 0 atom stereocenters. The van der Waals surface area contributed by atoms with Gasteiger partial charge >= 0.3 is 35.5 Å². The Hall–Kier alpha value is -4.97. The molecule has 0 aliphatic heterocycles. The van der Waals surface area contributed by atoms with Crippen LogP contribution < -0.4 is 41.0 Å². The molecular formula is C32H26N8NaO6S2+. The fourth-order valence-electron chi connectivity index (χ4n) is 4.08. The number of azo groups is 3. The van der Waals surface area contributed by atoms with Crippen LogP contribution in [0.15, 0.2) is 142 Å². The summed E-state index contributed by atoms with van der Waals surface area (Å²) in [4.78, 5) is 12.8. The summed E-state index contributed by atoms with van der Waals surface area (Å²) in [6, 6.07) is 25.5. The number of benzene rings is 5. The number of nitrogens with zero attached hydrogens (tertiary/aromatic N) is 6. The Balaban J connectivity index is 0.00000541. The second kappa shape index (κ2) is 16.0. The van der Waals surface area contributed by atoms with E-state index >= 15 is 0 Å². The zero-order chi connectivity index (χ0) is 34.4. The summed E-state index contributed by atoms with van der Waals surface area (Å²) in [5, 5.41) is 43.8. The van der Waals surface area contributed by atoms with Crippen molar-refractivity contribution in [3.63, 3.8) is 0 Å². The topological polar surface area (TPSA) is 238 Å². The average Bonchev–Trinajstić information content (AvgIpc) is 3.06. The summed E-state index contributed by atoms with van der Waals surface area (Å²) in [6.45, 7) is 1.77. The first-order valence-corrected chi connectivity index (χ1v) is 16.1. The van der Waals surface area contributed by atoms with Gasteiger partial charge in [-0.3, -0.25) is 4.55 Å². The van der Waals surface area contributed by atoms with Gasteiger partial charge in [0.05, 0.1) is 39.0 Å². The number of anilines is 2. The first-order valence-electron chi connectivity index (χ1n) is 13.8. The van der Waals surface area contributed by atoms with Gasteiger partial charge in [0.1, 0.15) is 22.7 Å². The van der Waals surface area contributed by atoms with Gasteiger partial charge in [0, 0.05) is 9.79 Å². The SMILES string of the molecule is Cc1cc(N=Nc2ccc(Sc3ccc(N=Nc4ccc(O)c(C(=O)O)c4)cc3)cc2)c(N)c(N=Nc2ccc(S(=O)(=O)O)cc2)c1N.[Na+]. The molecule has 0 aliphatic carbocycles. The van der Waals surface area contributed by atoms with Crippen LogP contribution in [0.3, 0.4) is 0 Å². The molecule has 242 valence electrons. The number of nitrogens with two attached hydrogens (primary N) is 2. The molecule has 0 spiro atoms. The standard InChI is InChI=1S/C32H26N8O6S2.Na/c1-18-16-27(30(34)31(29(18)33)40-37-21-6-13-25(14-7-21)48(44,45)46)39-36-20-4-11-24(12-5-20)47-23-9-2-19(3-10-23)35-38-22-8-15-28(41)26(17-22)32(42)43;/h2-17,41H,33-34H2,1H3,(H,42,43)(H,44,45,46);/q;+1. The van der Waals surface area contributed by atoms with Crippen molar-refractivity contribution in [3.8, 4) is 5.75 Å². The molecule has 0 aliphatic rings. The number of carbonyl (C=O) groups is 1. The van der Waals surface area contributed by atoms with Crippen molar-refractivity contribution < 1.29 is 57.5 Å². The molecule has 14 nitrogen and oxygen atoms in total. The van der Waals surface area contributed by atoms with Gasteiger partial charge in [0.2, 0.25) is 0 Å². The first-order chi connectivity index (χ1) is 22.9. The normalized spacial score (nSPS) is 11.7. The van der Waals surface area contributed by atoms with Gasteiger partial charge in [-0.2, -0.15) is 28.9 Å². The predicted octanol–water partition coefficient (Wildman–Crippen LogP) is 6.21. The van der Waals surface area contributed by atoms with Gasteiger partial charge in [-0.05, 0) is 110 Å². The van der Waals surface area contributed by atoms with Crippen LogP contribution in [0.4, 0.5) is 45.5 Å². The molecule has 0 fully saturated rings. The fraction of sp³-hybridized carbons (Fsp3) is 0.0312. The third-order valence-corrected chi connectivity index (χ3v) is 8.52. The molecule has 5 aromatic carbocycles. The molecule has 0 unspecified atom stereocenters. The number of hydrogen-bond donors (Lipinski definition) is 5. The van der Waals surface area contributed by atoms with E-state index in [1.807, 2.05) is 24.3 Å². The smallest absolute Gasteiger partial charge is 0.507 e. The summed E-state index contributed by atoms with van der Waals surface area (Å²) >= 11 is 1.52. The van der Waals surface area contributed by atoms with E-state index in [0.717, 1.165) is 9.79 Å². The van der Waals surface area contributed by atoms with E-state index in [1.165, 1.54) is 54.2 Å². The largest absolute Gasteiger partial charge is 1.00 e. The van der Waals surface area contributed by atoms with Gasteiger partial charge in [-0.25, -0.2) is 4.79 Å². The molecule has 0 saturated heterocycles. The second-order valence-corrected chi connectivity index (χ2v) is 12.6. The van der Waals surface area contributed by atoms with Crippen molar-refractivity contribution in [2.75, 3.05) is 11.5 Å². The number of carboxylic acids is 1. The Kier molecular flexibility index (Phi) is 12.0. The average molecular weight is 706 g/mol. The number of phenols is 1. The van der Waals surface area contributed by atoms with Crippen LogP contribution in [0.25, 0.3) is 0 Å². The summed E-state index contributed by atoms with van der Waals surface area (Å²) in [5.74, 6) is -1.60. The summed E-state index contributed by atoms with van der Waals surface area (Å²) in [7, 11) is -4.33. The molecule has 0 saturated carbocycles. The van der Waals surface area contributed by atoms with Crippen molar-refractivity contribution in [2.24, 2.45) is 30.7 Å². The number of hydrogen-bond acceptors (Lipinski definition) is 13. The van der Waals surface area contributed by atoms with Crippen LogP contribution in [0.1, 0.15) is 15.9 Å². The maximum atomic E-state index is 11.3. The van der Waals surface area contributed by atoms with Crippen molar-refractivity contribution in [1.29, 1.82) is 0 Å². The Morgan fingerprint density at radius 1 is 0.673 bits per heavy atom. The molecular weight excluding hydrogens is 680 g/mol. The van der Waals surface area contributed by atoms with E-state index < -0.39 is 16.1 Å². The molecule has 7 N–H and O–H groups in total.